The molecule has 0 bridgehead atoms. The smallest absolute Gasteiger partial charge is 0.377 e. The van der Waals surface area contributed by atoms with Gasteiger partial charge in [0.15, 0.2) is 0 Å². The van der Waals surface area contributed by atoms with Gasteiger partial charge in [-0.1, -0.05) is 0 Å². The van der Waals surface area contributed by atoms with Crippen molar-refractivity contribution in [1.29, 1.82) is 0 Å². The minimum atomic E-state index is -5.88. The molecule has 0 aromatic heterocycles. The van der Waals surface area contributed by atoms with Gasteiger partial charge in [-0.3, -0.25) is 4.79 Å². The van der Waals surface area contributed by atoms with Gasteiger partial charge in [0.2, 0.25) is 0 Å². The first-order chi connectivity index (χ1) is 7.50. The number of halogens is 5. The van der Waals surface area contributed by atoms with Crippen LogP contribution in [0.1, 0.15) is 13.8 Å². The van der Waals surface area contributed by atoms with Gasteiger partial charge in [0.25, 0.3) is 0 Å². The van der Waals surface area contributed by atoms with E-state index >= 15 is 0 Å². The number of alkyl halides is 5. The molecule has 0 aromatic carbocycles. The Morgan fingerprint density at radius 3 is 2.06 bits per heavy atom. The number of carbonyl (C=O) groups excluding carboxylic acids is 1. The molecule has 0 spiro atoms. The highest BCUT2D eigenvalue weighted by Gasteiger charge is 2.64. The summed E-state index contributed by atoms with van der Waals surface area (Å²) in [6.07, 6.45) is -6.07. The van der Waals surface area contributed by atoms with E-state index < -0.39 is 18.0 Å². The van der Waals surface area contributed by atoms with Crippen LogP contribution in [0.15, 0.2) is 0 Å². The zero-order valence-corrected chi connectivity index (χ0v) is 9.65. The van der Waals surface area contributed by atoms with Gasteiger partial charge < -0.3 is 9.64 Å². The van der Waals surface area contributed by atoms with E-state index in [0.717, 1.165) is 7.05 Å². The lowest BCUT2D eigenvalue weighted by Crippen LogP contribution is -2.51. The maximum absolute atomic E-state index is 12.6. The van der Waals surface area contributed by atoms with Crippen molar-refractivity contribution < 1.29 is 31.5 Å². The van der Waals surface area contributed by atoms with Gasteiger partial charge in [0, 0.05) is 13.6 Å². The van der Waals surface area contributed by atoms with Gasteiger partial charge in [-0.15, -0.1) is 0 Å². The largest absolute Gasteiger partial charge is 0.463 e. The standard InChI is InChI=1S/C9H14F5NO2/c1-6(2)17-5-4-15(3)7(16)8(10,11)9(12,13)14/h6H,4-5H2,1-3H3. The average molecular weight is 263 g/mol. The summed E-state index contributed by atoms with van der Waals surface area (Å²) >= 11 is 0. The predicted molar refractivity (Wildman–Crippen MR) is 49.7 cm³/mol. The normalized spacial score (nSPS) is 13.0. The van der Waals surface area contributed by atoms with Crippen molar-refractivity contribution in [3.05, 3.63) is 0 Å². The molecule has 3 nitrogen and oxygen atoms in total. The van der Waals surface area contributed by atoms with Crippen LogP contribution in [-0.2, 0) is 9.53 Å². The number of nitrogens with zero attached hydrogens (tertiary/aromatic N) is 1. The number of hydrogen-bond acceptors (Lipinski definition) is 2. The van der Waals surface area contributed by atoms with Crippen molar-refractivity contribution in [3.63, 3.8) is 0 Å². The third-order valence-corrected chi connectivity index (χ3v) is 1.85. The molecule has 0 aliphatic heterocycles. The highest BCUT2D eigenvalue weighted by molar-refractivity contribution is 5.84. The predicted octanol–water partition coefficient (Wildman–Crippen LogP) is 2.07. The highest BCUT2D eigenvalue weighted by atomic mass is 19.4. The summed E-state index contributed by atoms with van der Waals surface area (Å²) in [5.74, 6) is -7.64. The quantitative estimate of drug-likeness (QED) is 0.711. The summed E-state index contributed by atoms with van der Waals surface area (Å²) in [5.41, 5.74) is 0. The highest BCUT2D eigenvalue weighted by Crippen LogP contribution is 2.36. The van der Waals surface area contributed by atoms with Crippen LogP contribution in [0.2, 0.25) is 0 Å². The number of ether oxygens (including phenoxy) is 1. The molecule has 0 N–H and O–H groups in total. The first-order valence-corrected chi connectivity index (χ1v) is 4.82. The number of amides is 1. The first kappa shape index (κ1) is 16.1. The zero-order chi connectivity index (χ0) is 13.9. The first-order valence-electron chi connectivity index (χ1n) is 4.82. The Hall–Kier alpha value is -0.920. The van der Waals surface area contributed by atoms with E-state index in [-0.39, 0.29) is 19.3 Å². The van der Waals surface area contributed by atoms with Crippen LogP contribution in [0, 0.1) is 0 Å². The van der Waals surface area contributed by atoms with Crippen LogP contribution < -0.4 is 0 Å². The van der Waals surface area contributed by atoms with Crippen LogP contribution in [0.3, 0.4) is 0 Å². The van der Waals surface area contributed by atoms with Crippen molar-refractivity contribution in [2.75, 3.05) is 20.2 Å². The fourth-order valence-corrected chi connectivity index (χ4v) is 0.888. The van der Waals surface area contributed by atoms with Gasteiger partial charge in [-0.25, -0.2) is 0 Å². The third kappa shape index (κ3) is 4.45. The molecule has 17 heavy (non-hydrogen) atoms. The SMILES string of the molecule is CC(C)OCCN(C)C(=O)C(F)(F)C(F)(F)F. The molecule has 0 saturated heterocycles. The molecule has 0 aliphatic carbocycles. The third-order valence-electron chi connectivity index (χ3n) is 1.85. The van der Waals surface area contributed by atoms with E-state index in [1.807, 2.05) is 0 Å². The Labute approximate surface area is 95.5 Å². The summed E-state index contributed by atoms with van der Waals surface area (Å²) in [5, 5.41) is 0. The summed E-state index contributed by atoms with van der Waals surface area (Å²) < 4.78 is 65.7. The Bertz CT molecular complexity index is 265. The second-order valence-corrected chi connectivity index (χ2v) is 3.72. The van der Waals surface area contributed by atoms with Gasteiger partial charge >= 0.3 is 18.0 Å². The molecule has 0 unspecified atom stereocenters. The van der Waals surface area contributed by atoms with Crippen LogP contribution >= 0.6 is 0 Å². The van der Waals surface area contributed by atoms with Crippen molar-refractivity contribution in [1.82, 2.24) is 4.90 Å². The second kappa shape index (κ2) is 5.61. The van der Waals surface area contributed by atoms with Crippen LogP contribution in [0.5, 0.6) is 0 Å². The van der Waals surface area contributed by atoms with Crippen LogP contribution in [0.4, 0.5) is 22.0 Å². The topological polar surface area (TPSA) is 29.5 Å². The van der Waals surface area contributed by atoms with Crippen LogP contribution in [-0.4, -0.2) is 49.2 Å². The second-order valence-electron chi connectivity index (χ2n) is 3.72. The lowest BCUT2D eigenvalue weighted by Gasteiger charge is -2.25. The fraction of sp³-hybridized carbons (Fsp3) is 0.889. The van der Waals surface area contributed by atoms with E-state index in [0.29, 0.717) is 4.90 Å². The molecule has 1 amide bonds. The molecular weight excluding hydrogens is 249 g/mol. The Kier molecular flexibility index (Phi) is 5.31. The van der Waals surface area contributed by atoms with E-state index in [1.54, 1.807) is 13.8 Å². The van der Waals surface area contributed by atoms with Gasteiger partial charge in [-0.05, 0) is 13.8 Å². The minimum absolute atomic E-state index is 0.103. The van der Waals surface area contributed by atoms with Gasteiger partial charge in [0.05, 0.1) is 12.7 Å². The number of hydrogen-bond donors (Lipinski definition) is 0. The van der Waals surface area contributed by atoms with Crippen LogP contribution in [0.25, 0.3) is 0 Å². The molecule has 0 aromatic rings. The molecule has 0 radical (unpaired) electrons. The van der Waals surface area contributed by atoms with E-state index in [1.165, 1.54) is 0 Å². The van der Waals surface area contributed by atoms with Crippen molar-refractivity contribution in [2.45, 2.75) is 32.1 Å². The Balaban J connectivity index is 4.40. The molecule has 0 saturated carbocycles. The molecule has 0 aliphatic rings. The summed E-state index contributed by atoms with van der Waals surface area (Å²) in [4.78, 5) is 11.2. The van der Waals surface area contributed by atoms with E-state index in [4.69, 9.17) is 4.74 Å². The molecular formula is C9H14F5NO2. The van der Waals surface area contributed by atoms with Crippen molar-refractivity contribution in [2.24, 2.45) is 0 Å². The van der Waals surface area contributed by atoms with E-state index in [9.17, 15) is 26.7 Å². The minimum Gasteiger partial charge on any atom is -0.377 e. The van der Waals surface area contributed by atoms with Gasteiger partial charge in [0.1, 0.15) is 0 Å². The monoisotopic (exact) mass is 263 g/mol. The van der Waals surface area contributed by atoms with E-state index in [2.05, 4.69) is 0 Å². The number of carbonyl (C=O) groups is 1. The molecule has 0 atom stereocenters. The van der Waals surface area contributed by atoms with Crippen molar-refractivity contribution in [3.8, 4) is 0 Å². The maximum atomic E-state index is 12.6. The molecule has 0 rings (SSSR count). The number of rotatable bonds is 5. The molecule has 0 heterocycles. The summed E-state index contributed by atoms with van der Waals surface area (Å²) in [7, 11) is 0.867. The fourth-order valence-electron chi connectivity index (χ4n) is 0.888. The average Bonchev–Trinajstić information content (AvgIpc) is 2.13. The lowest BCUT2D eigenvalue weighted by atomic mass is 10.3. The molecule has 0 fully saturated rings. The lowest BCUT2D eigenvalue weighted by molar-refractivity contribution is -0.274. The maximum Gasteiger partial charge on any atom is 0.463 e. The molecule has 102 valence electrons. The summed E-state index contributed by atoms with van der Waals surface area (Å²) in [6.45, 7) is 2.91. The molecule has 8 heteroatoms. The van der Waals surface area contributed by atoms with Gasteiger partial charge in [-0.2, -0.15) is 22.0 Å². The van der Waals surface area contributed by atoms with Crippen molar-refractivity contribution >= 4 is 5.91 Å². The zero-order valence-electron chi connectivity index (χ0n) is 9.65. The Morgan fingerprint density at radius 2 is 1.71 bits per heavy atom. The Morgan fingerprint density at radius 1 is 1.24 bits per heavy atom. The number of likely N-dealkylation sites (N-methyl/N-ethyl adjacent to an activating group) is 1. The summed E-state index contributed by atoms with van der Waals surface area (Å²) in [6, 6.07) is 0.